The molecule has 1 aromatic carbocycles. The van der Waals surface area contributed by atoms with Gasteiger partial charge in [0.2, 0.25) is 0 Å². The standard InChI is InChI=1S/C13H22NO4P.Na/c15-14(11-6-12-19(16,17)18)10-5-4-9-13-7-2-1-3-8-13;/h1-3,7-8,15H,4-6,9-12H2,(H2,16,17,18);/q;+1/p-1. The van der Waals surface area contributed by atoms with E-state index in [4.69, 9.17) is 4.89 Å². The smallest absolute Gasteiger partial charge is 0.779 e. The number of hydroxylamine groups is 2. The number of hydrogen-bond donors (Lipinski definition) is 2. The second-order valence-corrected chi connectivity index (χ2v) is 6.33. The molecule has 20 heavy (non-hydrogen) atoms. The molecule has 1 rings (SSSR count). The van der Waals surface area contributed by atoms with E-state index in [0.717, 1.165) is 24.3 Å². The van der Waals surface area contributed by atoms with Gasteiger partial charge in [0.15, 0.2) is 0 Å². The quantitative estimate of drug-likeness (QED) is 0.255. The summed E-state index contributed by atoms with van der Waals surface area (Å²) in [5, 5.41) is 10.6. The molecule has 0 saturated carbocycles. The monoisotopic (exact) mass is 309 g/mol. The summed E-state index contributed by atoms with van der Waals surface area (Å²) < 4.78 is 10.5. The fraction of sp³-hybridized carbons (Fsp3) is 0.538. The van der Waals surface area contributed by atoms with Crippen molar-refractivity contribution in [2.24, 2.45) is 0 Å². The molecular formula is C13H21NNaO4P. The van der Waals surface area contributed by atoms with Crippen LogP contribution in [0.1, 0.15) is 24.8 Å². The fourth-order valence-electron chi connectivity index (χ4n) is 1.83. The number of aryl methyl sites for hydroxylation is 1. The van der Waals surface area contributed by atoms with Crippen LogP contribution in [-0.2, 0) is 11.0 Å². The molecular weight excluding hydrogens is 288 g/mol. The summed E-state index contributed by atoms with van der Waals surface area (Å²) in [6.45, 7) is 0.777. The predicted molar refractivity (Wildman–Crippen MR) is 72.0 cm³/mol. The number of hydrogen-bond acceptors (Lipinski definition) is 4. The average molecular weight is 309 g/mol. The number of nitrogens with zero attached hydrogens (tertiary/aromatic N) is 1. The van der Waals surface area contributed by atoms with Crippen LogP contribution in [-0.4, -0.2) is 34.4 Å². The van der Waals surface area contributed by atoms with Gasteiger partial charge in [0.1, 0.15) is 7.60 Å². The summed E-state index contributed by atoms with van der Waals surface area (Å²) in [4.78, 5) is 19.1. The molecule has 7 heteroatoms. The second-order valence-electron chi connectivity index (χ2n) is 4.61. The van der Waals surface area contributed by atoms with E-state index in [1.165, 1.54) is 5.56 Å². The Labute approximate surface area is 142 Å². The first-order valence-corrected chi connectivity index (χ1v) is 8.24. The predicted octanol–water partition coefficient (Wildman–Crippen LogP) is -1.36. The SMILES string of the molecule is O=P([O-])(O)CCCN(O)CCCCc1ccccc1.[Na+]. The Bertz CT molecular complexity index is 399. The molecule has 0 aliphatic carbocycles. The summed E-state index contributed by atoms with van der Waals surface area (Å²) in [7, 11) is -4.18. The molecule has 0 saturated heterocycles. The fourth-order valence-corrected chi connectivity index (χ4v) is 2.37. The molecule has 0 spiro atoms. The van der Waals surface area contributed by atoms with Crippen molar-refractivity contribution in [3.63, 3.8) is 0 Å². The van der Waals surface area contributed by atoms with Crippen molar-refractivity contribution in [1.82, 2.24) is 5.06 Å². The Hall–Kier alpha value is 0.290. The number of benzene rings is 1. The minimum atomic E-state index is -4.18. The van der Waals surface area contributed by atoms with E-state index in [0.29, 0.717) is 6.54 Å². The van der Waals surface area contributed by atoms with Gasteiger partial charge in [0.25, 0.3) is 0 Å². The second kappa shape index (κ2) is 10.9. The van der Waals surface area contributed by atoms with Gasteiger partial charge in [-0.3, -0.25) is 0 Å². The van der Waals surface area contributed by atoms with Gasteiger partial charge in [-0.1, -0.05) is 30.3 Å². The summed E-state index contributed by atoms with van der Waals surface area (Å²) in [6.07, 6.45) is 2.75. The molecule has 1 atom stereocenters. The van der Waals surface area contributed by atoms with Crippen LogP contribution in [0.5, 0.6) is 0 Å². The molecule has 5 nitrogen and oxygen atoms in total. The van der Waals surface area contributed by atoms with Crippen LogP contribution in [0.25, 0.3) is 0 Å². The van der Waals surface area contributed by atoms with Crippen molar-refractivity contribution >= 4 is 7.60 Å². The summed E-state index contributed by atoms with van der Waals surface area (Å²) in [5.74, 6) is 0. The number of unbranched alkanes of at least 4 members (excludes halogenated alkanes) is 1. The normalized spacial score (nSPS) is 13.8. The first kappa shape index (κ1) is 20.3. The van der Waals surface area contributed by atoms with Crippen molar-refractivity contribution in [3.8, 4) is 0 Å². The number of rotatable bonds is 9. The van der Waals surface area contributed by atoms with Crippen LogP contribution in [0.4, 0.5) is 0 Å². The van der Waals surface area contributed by atoms with E-state index in [1.54, 1.807) is 0 Å². The van der Waals surface area contributed by atoms with Gasteiger partial charge < -0.3 is 19.6 Å². The van der Waals surface area contributed by atoms with Crippen LogP contribution < -0.4 is 34.5 Å². The van der Waals surface area contributed by atoms with Gasteiger partial charge in [0.05, 0.1) is 0 Å². The van der Waals surface area contributed by atoms with Crippen molar-refractivity contribution in [2.75, 3.05) is 19.3 Å². The van der Waals surface area contributed by atoms with Crippen LogP contribution in [0.15, 0.2) is 30.3 Å². The first-order valence-electron chi connectivity index (χ1n) is 6.48. The molecule has 2 N–H and O–H groups in total. The molecule has 0 radical (unpaired) electrons. The molecule has 0 aliphatic rings. The van der Waals surface area contributed by atoms with Crippen LogP contribution >= 0.6 is 7.60 Å². The minimum absolute atomic E-state index is 0. The van der Waals surface area contributed by atoms with Crippen molar-refractivity contribution < 1.29 is 49.1 Å². The Morgan fingerprint density at radius 2 is 1.70 bits per heavy atom. The van der Waals surface area contributed by atoms with Gasteiger partial charge in [0, 0.05) is 19.3 Å². The van der Waals surface area contributed by atoms with E-state index in [-0.39, 0.29) is 48.7 Å². The first-order chi connectivity index (χ1) is 8.97. The Morgan fingerprint density at radius 3 is 2.30 bits per heavy atom. The van der Waals surface area contributed by atoms with Crippen molar-refractivity contribution in [1.29, 1.82) is 0 Å². The van der Waals surface area contributed by atoms with E-state index in [1.807, 2.05) is 18.2 Å². The largest absolute Gasteiger partial charge is 1.00 e. The molecule has 0 heterocycles. The third kappa shape index (κ3) is 11.0. The average Bonchev–Trinajstić information content (AvgIpc) is 2.34. The maximum absolute atomic E-state index is 10.5. The Morgan fingerprint density at radius 1 is 1.10 bits per heavy atom. The van der Waals surface area contributed by atoms with Gasteiger partial charge in [-0.25, -0.2) is 0 Å². The molecule has 0 aromatic heterocycles. The van der Waals surface area contributed by atoms with E-state index >= 15 is 0 Å². The van der Waals surface area contributed by atoms with E-state index in [2.05, 4.69) is 12.1 Å². The van der Waals surface area contributed by atoms with E-state index in [9.17, 15) is 14.7 Å². The molecule has 1 unspecified atom stereocenters. The third-order valence-electron chi connectivity index (χ3n) is 2.83. The van der Waals surface area contributed by atoms with Gasteiger partial charge in [-0.15, -0.1) is 0 Å². The molecule has 0 aliphatic heterocycles. The maximum Gasteiger partial charge on any atom is 1.00 e. The zero-order chi connectivity index (χ0) is 14.1. The molecule has 0 bridgehead atoms. The van der Waals surface area contributed by atoms with Crippen LogP contribution in [0, 0.1) is 0 Å². The van der Waals surface area contributed by atoms with Gasteiger partial charge >= 0.3 is 29.6 Å². The van der Waals surface area contributed by atoms with Crippen LogP contribution in [0.2, 0.25) is 0 Å². The molecule has 1 aromatic rings. The minimum Gasteiger partial charge on any atom is -0.779 e. The zero-order valence-electron chi connectivity index (χ0n) is 11.9. The molecule has 108 valence electrons. The third-order valence-corrected chi connectivity index (χ3v) is 3.71. The zero-order valence-corrected chi connectivity index (χ0v) is 14.8. The molecule has 0 amide bonds. The van der Waals surface area contributed by atoms with Gasteiger partial charge in [-0.2, -0.15) is 5.06 Å². The molecule has 0 fully saturated rings. The van der Waals surface area contributed by atoms with E-state index < -0.39 is 7.60 Å². The summed E-state index contributed by atoms with van der Waals surface area (Å²) in [6, 6.07) is 10.1. The van der Waals surface area contributed by atoms with Gasteiger partial charge in [-0.05, 0) is 31.2 Å². The van der Waals surface area contributed by atoms with Crippen molar-refractivity contribution in [3.05, 3.63) is 35.9 Å². The maximum atomic E-state index is 10.5. The summed E-state index contributed by atoms with van der Waals surface area (Å²) >= 11 is 0. The summed E-state index contributed by atoms with van der Waals surface area (Å²) in [5.41, 5.74) is 1.28. The topological polar surface area (TPSA) is 83.8 Å². The van der Waals surface area contributed by atoms with Crippen molar-refractivity contribution in [2.45, 2.75) is 25.7 Å². The van der Waals surface area contributed by atoms with Crippen LogP contribution in [0.3, 0.4) is 0 Å². The Balaban J connectivity index is 0.00000361. The Kier molecular flexibility index (Phi) is 11.1.